The van der Waals surface area contributed by atoms with E-state index in [0.29, 0.717) is 26.2 Å². The summed E-state index contributed by atoms with van der Waals surface area (Å²) in [5.74, 6) is -1.74. The first kappa shape index (κ1) is 19.9. The molecule has 0 bridgehead atoms. The first-order valence-corrected chi connectivity index (χ1v) is 9.67. The lowest BCUT2D eigenvalue weighted by Crippen LogP contribution is -2.49. The number of benzene rings is 1. The van der Waals surface area contributed by atoms with Gasteiger partial charge in [0.1, 0.15) is 11.6 Å². The number of hydrogen-bond acceptors (Lipinski definition) is 5. The molecular formula is C20H22FN5O4. The Morgan fingerprint density at radius 2 is 1.67 bits per heavy atom. The van der Waals surface area contributed by atoms with Gasteiger partial charge in [-0.3, -0.25) is 23.5 Å². The van der Waals surface area contributed by atoms with Gasteiger partial charge < -0.3 is 15.1 Å². The molecule has 0 saturated carbocycles. The van der Waals surface area contributed by atoms with Gasteiger partial charge in [-0.25, -0.2) is 9.18 Å². The van der Waals surface area contributed by atoms with Crippen LogP contribution in [-0.2, 0) is 23.7 Å². The molecule has 0 aliphatic carbocycles. The van der Waals surface area contributed by atoms with Crippen molar-refractivity contribution in [2.75, 3.05) is 36.4 Å². The first-order chi connectivity index (χ1) is 14.3. The van der Waals surface area contributed by atoms with E-state index in [0.717, 1.165) is 10.3 Å². The van der Waals surface area contributed by atoms with Crippen LogP contribution in [0.3, 0.4) is 0 Å². The second kappa shape index (κ2) is 7.43. The van der Waals surface area contributed by atoms with Crippen molar-refractivity contribution in [1.82, 2.24) is 14.0 Å². The number of fused-ring (bicyclic) bond motifs is 1. The molecule has 1 fully saturated rings. The van der Waals surface area contributed by atoms with E-state index in [9.17, 15) is 23.6 Å². The molecule has 1 N–H and O–H groups in total. The van der Waals surface area contributed by atoms with Crippen LogP contribution >= 0.6 is 0 Å². The highest BCUT2D eigenvalue weighted by Crippen LogP contribution is 2.31. The number of aromatic nitrogens is 2. The highest BCUT2D eigenvalue weighted by molar-refractivity contribution is 6.04. The number of amides is 2. The average molecular weight is 415 g/mol. The van der Waals surface area contributed by atoms with Crippen LogP contribution in [0.4, 0.5) is 15.9 Å². The number of anilines is 2. The molecule has 1 saturated heterocycles. The maximum absolute atomic E-state index is 13.1. The third-order valence-corrected chi connectivity index (χ3v) is 5.81. The average Bonchev–Trinajstić information content (AvgIpc) is 3.07. The van der Waals surface area contributed by atoms with Crippen LogP contribution in [0.25, 0.3) is 0 Å². The quantitative estimate of drug-likeness (QED) is 0.761. The Morgan fingerprint density at radius 1 is 1.03 bits per heavy atom. The highest BCUT2D eigenvalue weighted by atomic mass is 19.1. The van der Waals surface area contributed by atoms with Crippen LogP contribution in [0, 0.1) is 5.82 Å². The van der Waals surface area contributed by atoms with Gasteiger partial charge in [0.25, 0.3) is 5.56 Å². The number of hydrogen-bond donors (Lipinski definition) is 1. The normalized spacial score (nSPS) is 18.4. The molecule has 2 aliphatic heterocycles. The van der Waals surface area contributed by atoms with Crippen molar-refractivity contribution in [2.24, 2.45) is 14.1 Å². The van der Waals surface area contributed by atoms with Gasteiger partial charge in [-0.15, -0.1) is 0 Å². The minimum atomic E-state index is -0.923. The Labute approximate surface area is 171 Å². The van der Waals surface area contributed by atoms with Crippen LogP contribution in [0.2, 0.25) is 0 Å². The summed E-state index contributed by atoms with van der Waals surface area (Å²) in [6.07, 6.45) is -0.136. The second-order valence-electron chi connectivity index (χ2n) is 7.56. The molecule has 9 nitrogen and oxygen atoms in total. The van der Waals surface area contributed by atoms with Gasteiger partial charge in [0.05, 0.1) is 11.5 Å². The lowest BCUT2D eigenvalue weighted by atomic mass is 9.98. The summed E-state index contributed by atoms with van der Waals surface area (Å²) in [5.41, 5.74) is -0.0618. The summed E-state index contributed by atoms with van der Waals surface area (Å²) in [6, 6.07) is 6.20. The molecule has 1 aromatic carbocycles. The molecule has 2 amide bonds. The van der Waals surface area contributed by atoms with Crippen molar-refractivity contribution < 1.29 is 14.0 Å². The number of piperazine rings is 1. The standard InChI is InChI=1S/C20H22FN5O4/c1-23-17-16(19(29)24(2)20(23)30)14(18(28)22-17)11-15(27)26-9-7-25(8-10-26)13-5-3-12(21)4-6-13/h3-6,14H,7-11H2,1-2H3,(H,22,28)/t14-/m1/s1. The molecule has 0 radical (unpaired) electrons. The predicted octanol–water partition coefficient (Wildman–Crippen LogP) is -0.00230. The smallest absolute Gasteiger partial charge is 0.332 e. The Bertz CT molecular complexity index is 1130. The van der Waals surface area contributed by atoms with Gasteiger partial charge in [0.15, 0.2) is 0 Å². The summed E-state index contributed by atoms with van der Waals surface area (Å²) >= 11 is 0. The fraction of sp³-hybridized carbons (Fsp3) is 0.400. The van der Waals surface area contributed by atoms with E-state index in [1.54, 1.807) is 17.0 Å². The zero-order valence-electron chi connectivity index (χ0n) is 16.7. The molecule has 1 atom stereocenters. The van der Waals surface area contributed by atoms with E-state index in [-0.39, 0.29) is 29.5 Å². The molecule has 0 spiro atoms. The number of carbonyl (C=O) groups is 2. The van der Waals surface area contributed by atoms with Crippen molar-refractivity contribution in [1.29, 1.82) is 0 Å². The van der Waals surface area contributed by atoms with Crippen LogP contribution < -0.4 is 21.5 Å². The molecule has 3 heterocycles. The van der Waals surface area contributed by atoms with Gasteiger partial charge >= 0.3 is 5.69 Å². The number of nitrogens with zero attached hydrogens (tertiary/aromatic N) is 4. The summed E-state index contributed by atoms with van der Waals surface area (Å²) in [6.45, 7) is 2.09. The van der Waals surface area contributed by atoms with Crippen molar-refractivity contribution in [2.45, 2.75) is 12.3 Å². The summed E-state index contributed by atoms with van der Waals surface area (Å²) in [5, 5.41) is 2.57. The fourth-order valence-corrected chi connectivity index (χ4v) is 4.03. The fourth-order valence-electron chi connectivity index (χ4n) is 4.03. The molecule has 158 valence electrons. The van der Waals surface area contributed by atoms with Gasteiger partial charge in [-0.2, -0.15) is 0 Å². The number of rotatable bonds is 3. The Kier molecular flexibility index (Phi) is 4.92. The summed E-state index contributed by atoms with van der Waals surface area (Å²) < 4.78 is 15.3. The van der Waals surface area contributed by atoms with E-state index in [1.807, 2.05) is 0 Å². The minimum absolute atomic E-state index is 0.136. The molecule has 1 aromatic heterocycles. The number of halogens is 1. The third-order valence-electron chi connectivity index (χ3n) is 5.81. The maximum Gasteiger partial charge on any atom is 0.332 e. The van der Waals surface area contributed by atoms with Crippen molar-refractivity contribution >= 4 is 23.3 Å². The third kappa shape index (κ3) is 3.27. The van der Waals surface area contributed by atoms with E-state index in [2.05, 4.69) is 10.2 Å². The topological polar surface area (TPSA) is 96.7 Å². The van der Waals surface area contributed by atoms with E-state index >= 15 is 0 Å². The van der Waals surface area contributed by atoms with Crippen molar-refractivity contribution in [3.05, 3.63) is 56.5 Å². The predicted molar refractivity (Wildman–Crippen MR) is 108 cm³/mol. The summed E-state index contributed by atoms with van der Waals surface area (Å²) in [7, 11) is 2.82. The van der Waals surface area contributed by atoms with E-state index < -0.39 is 23.1 Å². The minimum Gasteiger partial charge on any atom is -0.368 e. The van der Waals surface area contributed by atoms with E-state index in [1.165, 1.54) is 30.8 Å². The van der Waals surface area contributed by atoms with Crippen molar-refractivity contribution in [3.63, 3.8) is 0 Å². The zero-order valence-corrected chi connectivity index (χ0v) is 16.7. The lowest BCUT2D eigenvalue weighted by molar-refractivity contribution is -0.133. The number of nitrogens with one attached hydrogen (secondary N) is 1. The van der Waals surface area contributed by atoms with Gasteiger partial charge in [0, 0.05) is 52.4 Å². The highest BCUT2D eigenvalue weighted by Gasteiger charge is 2.38. The zero-order chi connectivity index (χ0) is 21.6. The molecule has 4 rings (SSSR count). The van der Waals surface area contributed by atoms with Crippen molar-refractivity contribution in [3.8, 4) is 0 Å². The Balaban J connectivity index is 1.47. The van der Waals surface area contributed by atoms with Gasteiger partial charge in [-0.05, 0) is 24.3 Å². The molecule has 2 aromatic rings. The van der Waals surface area contributed by atoms with Crippen LogP contribution in [0.5, 0.6) is 0 Å². The first-order valence-electron chi connectivity index (χ1n) is 9.67. The Hall–Kier alpha value is -3.43. The van der Waals surface area contributed by atoms with Crippen LogP contribution in [-0.4, -0.2) is 52.0 Å². The maximum atomic E-state index is 13.1. The molecule has 2 aliphatic rings. The largest absolute Gasteiger partial charge is 0.368 e. The number of carbonyl (C=O) groups excluding carboxylic acids is 2. The van der Waals surface area contributed by atoms with E-state index in [4.69, 9.17) is 0 Å². The lowest BCUT2D eigenvalue weighted by Gasteiger charge is -2.36. The molecular weight excluding hydrogens is 393 g/mol. The molecule has 10 heteroatoms. The molecule has 30 heavy (non-hydrogen) atoms. The Morgan fingerprint density at radius 3 is 2.30 bits per heavy atom. The van der Waals surface area contributed by atoms with Gasteiger partial charge in [0.2, 0.25) is 11.8 Å². The molecule has 0 unspecified atom stereocenters. The summed E-state index contributed by atoms with van der Waals surface area (Å²) in [4.78, 5) is 53.7. The monoisotopic (exact) mass is 415 g/mol. The second-order valence-corrected chi connectivity index (χ2v) is 7.56. The van der Waals surface area contributed by atoms with Crippen LogP contribution in [0.15, 0.2) is 33.9 Å². The SMILES string of the molecule is Cn1c2c(c(=O)n(C)c1=O)[C@@H](CC(=O)N1CCN(c3ccc(F)cc3)CC1)C(=O)N2. The van der Waals surface area contributed by atoms with Crippen LogP contribution in [0.1, 0.15) is 17.9 Å². The van der Waals surface area contributed by atoms with Gasteiger partial charge in [-0.1, -0.05) is 0 Å².